The number of ketones is 1. The molecule has 2 unspecified atom stereocenters. The van der Waals surface area contributed by atoms with Crippen LogP contribution in [-0.4, -0.2) is 36.9 Å². The molecule has 0 aliphatic carbocycles. The van der Waals surface area contributed by atoms with Crippen molar-refractivity contribution in [1.82, 2.24) is 0 Å². The maximum absolute atomic E-state index is 13.1. The van der Waals surface area contributed by atoms with Crippen LogP contribution in [0.2, 0.25) is 0 Å². The molecule has 2 N–H and O–H groups in total. The quantitative estimate of drug-likeness (QED) is 0.591. The Hall–Kier alpha value is -1.79. The lowest BCUT2D eigenvalue weighted by Crippen LogP contribution is -3.41. The lowest BCUT2D eigenvalue weighted by atomic mass is 9.59. The second-order valence-corrected chi connectivity index (χ2v) is 8.23. The molecule has 0 spiro atoms. The first-order chi connectivity index (χ1) is 11.4. The highest BCUT2D eigenvalue weighted by molar-refractivity contribution is 5.91. The van der Waals surface area contributed by atoms with E-state index in [1.807, 2.05) is 6.07 Å². The molecular weight excluding hydrogens is 306 g/mol. The van der Waals surface area contributed by atoms with E-state index in [2.05, 4.69) is 13.8 Å². The molecule has 4 aliphatic heterocycles. The summed E-state index contributed by atoms with van der Waals surface area (Å²) < 4.78 is 0. The fourth-order valence-electron chi connectivity index (χ4n) is 5.84. The minimum absolute atomic E-state index is 0.160. The van der Waals surface area contributed by atoms with Crippen LogP contribution in [0, 0.1) is 20.9 Å². The summed E-state index contributed by atoms with van der Waals surface area (Å²) in [5.41, 5.74) is 0.791. The van der Waals surface area contributed by atoms with Gasteiger partial charge in [-0.2, -0.15) is 0 Å². The predicted molar refractivity (Wildman–Crippen MR) is 87.7 cm³/mol. The number of nitro benzene ring substituents is 1. The molecular formula is C18H25N3O3+2. The Morgan fingerprint density at radius 1 is 1.25 bits per heavy atom. The SMILES string of the molecule is CCCC12C[NH+]3CC(C)(C[NH+](C1)C3c1cccc([N+](=O)[O-])c1)C2=O. The molecule has 4 fully saturated rings. The standard InChI is InChI=1S/C18H23N3O3/c1-3-7-18-11-19-9-17(2,16(18)22)10-20(12-18)15(19)13-5-4-6-14(8-13)21(23)24/h4-6,8,15H,3,7,9-12H2,1-2H3/p+2. The molecule has 4 bridgehead atoms. The van der Waals surface area contributed by atoms with Crippen LogP contribution in [-0.2, 0) is 4.79 Å². The summed E-state index contributed by atoms with van der Waals surface area (Å²) in [6.07, 6.45) is 2.22. The summed E-state index contributed by atoms with van der Waals surface area (Å²) in [7, 11) is 0. The van der Waals surface area contributed by atoms with Crippen molar-refractivity contribution in [3.8, 4) is 0 Å². The van der Waals surface area contributed by atoms with Gasteiger partial charge < -0.3 is 0 Å². The van der Waals surface area contributed by atoms with Crippen molar-refractivity contribution < 1.29 is 19.5 Å². The van der Waals surface area contributed by atoms with Gasteiger partial charge in [0.05, 0.1) is 23.6 Å². The van der Waals surface area contributed by atoms with E-state index in [-0.39, 0.29) is 27.6 Å². The molecule has 6 nitrogen and oxygen atoms in total. The normalized spacial score (nSPS) is 40.1. The molecule has 128 valence electrons. The second kappa shape index (κ2) is 5.10. The van der Waals surface area contributed by atoms with Gasteiger partial charge in [0.2, 0.25) is 6.17 Å². The number of rotatable bonds is 4. The summed E-state index contributed by atoms with van der Waals surface area (Å²) in [5, 5.41) is 11.1. The van der Waals surface area contributed by atoms with Crippen molar-refractivity contribution in [2.45, 2.75) is 32.9 Å². The second-order valence-electron chi connectivity index (χ2n) is 8.23. The van der Waals surface area contributed by atoms with Crippen molar-refractivity contribution in [3.05, 3.63) is 39.9 Å². The molecule has 2 atom stereocenters. The van der Waals surface area contributed by atoms with Gasteiger partial charge in [-0.3, -0.25) is 24.7 Å². The van der Waals surface area contributed by atoms with E-state index in [1.165, 1.54) is 9.80 Å². The maximum Gasteiger partial charge on any atom is 0.270 e. The van der Waals surface area contributed by atoms with E-state index >= 15 is 0 Å². The highest BCUT2D eigenvalue weighted by Gasteiger charge is 2.69. The molecule has 0 saturated carbocycles. The van der Waals surface area contributed by atoms with Crippen molar-refractivity contribution in [2.24, 2.45) is 10.8 Å². The van der Waals surface area contributed by atoms with Gasteiger partial charge in [-0.25, -0.2) is 0 Å². The number of nitrogens with zero attached hydrogens (tertiary/aromatic N) is 1. The van der Waals surface area contributed by atoms with Crippen LogP contribution in [0.3, 0.4) is 0 Å². The van der Waals surface area contributed by atoms with Gasteiger partial charge in [0, 0.05) is 12.1 Å². The Morgan fingerprint density at radius 3 is 2.50 bits per heavy atom. The third-order valence-electron chi connectivity index (χ3n) is 6.35. The minimum atomic E-state index is -0.321. The lowest BCUT2D eigenvalue weighted by molar-refractivity contribution is -1.18. The zero-order chi connectivity index (χ0) is 17.1. The van der Waals surface area contributed by atoms with Gasteiger partial charge >= 0.3 is 0 Å². The number of benzene rings is 1. The van der Waals surface area contributed by atoms with Gasteiger partial charge in [0.25, 0.3) is 5.69 Å². The Balaban J connectivity index is 1.72. The Kier molecular flexibility index (Phi) is 3.34. The van der Waals surface area contributed by atoms with Crippen LogP contribution in [0.1, 0.15) is 38.4 Å². The van der Waals surface area contributed by atoms with Gasteiger partial charge in [-0.15, -0.1) is 0 Å². The van der Waals surface area contributed by atoms with Crippen LogP contribution in [0.5, 0.6) is 0 Å². The number of Topliss-reactive ketones (excluding diaryl/α,β-unsaturated/α-hetero) is 1. The third kappa shape index (κ3) is 2.06. The molecule has 4 heterocycles. The molecule has 4 aliphatic rings. The maximum atomic E-state index is 13.1. The van der Waals surface area contributed by atoms with Crippen molar-refractivity contribution >= 4 is 11.5 Å². The van der Waals surface area contributed by atoms with Crippen molar-refractivity contribution in [3.63, 3.8) is 0 Å². The van der Waals surface area contributed by atoms with Crippen molar-refractivity contribution in [2.75, 3.05) is 26.2 Å². The predicted octanol–water partition coefficient (Wildman–Crippen LogP) is -0.234. The Bertz CT molecular complexity index is 701. The number of hydrogen-bond acceptors (Lipinski definition) is 3. The highest BCUT2D eigenvalue weighted by atomic mass is 16.6. The summed E-state index contributed by atoms with van der Waals surface area (Å²) in [6.45, 7) is 7.75. The van der Waals surface area contributed by atoms with Crippen LogP contribution < -0.4 is 9.80 Å². The first kappa shape index (κ1) is 15.7. The largest absolute Gasteiger partial charge is 0.297 e. The summed E-state index contributed by atoms with van der Waals surface area (Å²) in [4.78, 5) is 26.7. The molecule has 0 radical (unpaired) electrons. The van der Waals surface area contributed by atoms with E-state index in [1.54, 1.807) is 18.2 Å². The van der Waals surface area contributed by atoms with E-state index < -0.39 is 0 Å². The van der Waals surface area contributed by atoms with Crippen LogP contribution in [0.15, 0.2) is 24.3 Å². The lowest BCUT2D eigenvalue weighted by Gasteiger charge is -2.59. The molecule has 1 aromatic rings. The van der Waals surface area contributed by atoms with Crippen molar-refractivity contribution in [1.29, 1.82) is 0 Å². The zero-order valence-corrected chi connectivity index (χ0v) is 14.3. The molecule has 6 heteroatoms. The van der Waals surface area contributed by atoms with E-state index in [0.717, 1.165) is 44.6 Å². The number of piperidine rings is 2. The average Bonchev–Trinajstić information content (AvgIpc) is 2.52. The number of carbonyl (C=O) groups excluding carboxylic acids is 1. The number of carbonyl (C=O) groups is 1. The first-order valence-electron chi connectivity index (χ1n) is 8.87. The first-order valence-corrected chi connectivity index (χ1v) is 8.87. The minimum Gasteiger partial charge on any atom is -0.297 e. The Morgan fingerprint density at radius 2 is 1.92 bits per heavy atom. The zero-order valence-electron chi connectivity index (χ0n) is 14.3. The van der Waals surface area contributed by atoms with Crippen LogP contribution in [0.25, 0.3) is 0 Å². The summed E-state index contributed by atoms with van der Waals surface area (Å²) in [6, 6.07) is 7.08. The summed E-state index contributed by atoms with van der Waals surface area (Å²) >= 11 is 0. The molecule has 4 saturated heterocycles. The molecule has 5 rings (SSSR count). The fraction of sp³-hybridized carbons (Fsp3) is 0.611. The van der Waals surface area contributed by atoms with Gasteiger partial charge in [0.15, 0.2) is 5.78 Å². The number of hydrogen-bond donors (Lipinski definition) is 2. The van der Waals surface area contributed by atoms with E-state index in [9.17, 15) is 14.9 Å². The van der Waals surface area contributed by atoms with Gasteiger partial charge in [-0.1, -0.05) is 19.4 Å². The smallest absolute Gasteiger partial charge is 0.270 e. The van der Waals surface area contributed by atoms with Crippen LogP contribution in [0.4, 0.5) is 5.69 Å². The molecule has 1 aromatic carbocycles. The average molecular weight is 331 g/mol. The van der Waals surface area contributed by atoms with Gasteiger partial charge in [-0.05, 0) is 19.4 Å². The number of quaternary nitrogens is 2. The van der Waals surface area contributed by atoms with Crippen LogP contribution >= 0.6 is 0 Å². The Labute approximate surface area is 141 Å². The number of nitrogens with one attached hydrogen (secondary N) is 2. The monoisotopic (exact) mass is 331 g/mol. The highest BCUT2D eigenvalue weighted by Crippen LogP contribution is 2.39. The molecule has 0 aromatic heterocycles. The fourth-order valence-corrected chi connectivity index (χ4v) is 5.84. The third-order valence-corrected chi connectivity index (χ3v) is 6.35. The van der Waals surface area contributed by atoms with E-state index in [4.69, 9.17) is 0 Å². The summed E-state index contributed by atoms with van der Waals surface area (Å²) in [5.74, 6) is 0.474. The molecule has 0 amide bonds. The topological polar surface area (TPSA) is 69.1 Å². The van der Waals surface area contributed by atoms with E-state index in [0.29, 0.717) is 5.78 Å². The van der Waals surface area contributed by atoms with Gasteiger partial charge in [0.1, 0.15) is 23.9 Å². The number of non-ortho nitro benzene ring substituents is 1. The molecule has 24 heavy (non-hydrogen) atoms. The number of nitro groups is 1.